The third kappa shape index (κ3) is 2.58. The van der Waals surface area contributed by atoms with E-state index >= 15 is 0 Å². The fourth-order valence-corrected chi connectivity index (χ4v) is 2.78. The summed E-state index contributed by atoms with van der Waals surface area (Å²) in [6, 6.07) is 1.32. The van der Waals surface area contributed by atoms with E-state index in [1.54, 1.807) is 0 Å². The lowest BCUT2D eigenvalue weighted by atomic mass is 10.0. The van der Waals surface area contributed by atoms with E-state index in [1.807, 2.05) is 0 Å². The van der Waals surface area contributed by atoms with Crippen LogP contribution in [0.2, 0.25) is 0 Å². The maximum Gasteiger partial charge on any atom is 0.0169 e. The van der Waals surface area contributed by atoms with Gasteiger partial charge in [-0.3, -0.25) is 4.90 Å². The Morgan fingerprint density at radius 1 is 1.14 bits per heavy atom. The molecule has 80 valence electrons. The molecule has 2 nitrogen and oxygen atoms in total. The average Bonchev–Trinajstić information content (AvgIpc) is 2.54. The summed E-state index contributed by atoms with van der Waals surface area (Å²) in [5.74, 6) is 0.896. The minimum atomic E-state index is 0.660. The van der Waals surface area contributed by atoms with Crippen LogP contribution >= 0.6 is 0 Å². The largest absolute Gasteiger partial charge is 0.309 e. The van der Waals surface area contributed by atoms with Crippen molar-refractivity contribution in [3.8, 4) is 0 Å². The lowest BCUT2D eigenvalue weighted by Gasteiger charge is -2.37. The molecule has 0 aromatic rings. The van der Waals surface area contributed by atoms with Gasteiger partial charge >= 0.3 is 0 Å². The molecule has 1 saturated heterocycles. The van der Waals surface area contributed by atoms with E-state index in [-0.39, 0.29) is 0 Å². The first kappa shape index (κ1) is 10.2. The molecule has 14 heavy (non-hydrogen) atoms. The van der Waals surface area contributed by atoms with E-state index in [9.17, 15) is 0 Å². The molecule has 1 aliphatic heterocycles. The van der Waals surface area contributed by atoms with E-state index in [4.69, 9.17) is 0 Å². The third-order valence-electron chi connectivity index (χ3n) is 3.26. The topological polar surface area (TPSA) is 15.3 Å². The molecule has 1 N–H and O–H groups in total. The van der Waals surface area contributed by atoms with Crippen LogP contribution in [0.1, 0.15) is 26.7 Å². The summed E-state index contributed by atoms with van der Waals surface area (Å²) in [4.78, 5) is 2.63. The quantitative estimate of drug-likeness (QED) is 0.672. The number of nitrogens with one attached hydrogen (secondary N) is 1. The molecule has 0 spiro atoms. The molecule has 2 rings (SSSR count). The van der Waals surface area contributed by atoms with Crippen molar-refractivity contribution >= 4 is 0 Å². The molecule has 2 unspecified atom stereocenters. The SMILES string of the molecule is CC1CN(CC2CC=CC2)CC(C)N1. The van der Waals surface area contributed by atoms with Crippen LogP contribution in [0.5, 0.6) is 0 Å². The molecule has 2 atom stereocenters. The zero-order valence-electron chi connectivity index (χ0n) is 9.37. The van der Waals surface area contributed by atoms with Crippen molar-refractivity contribution in [1.82, 2.24) is 10.2 Å². The van der Waals surface area contributed by atoms with Crippen LogP contribution in [0, 0.1) is 5.92 Å². The van der Waals surface area contributed by atoms with Crippen molar-refractivity contribution in [3.05, 3.63) is 12.2 Å². The third-order valence-corrected chi connectivity index (χ3v) is 3.26. The van der Waals surface area contributed by atoms with Crippen molar-refractivity contribution in [2.75, 3.05) is 19.6 Å². The fourth-order valence-electron chi connectivity index (χ4n) is 2.78. The molecule has 0 saturated carbocycles. The standard InChI is InChI=1S/C12H22N2/c1-10-7-14(8-11(2)13-10)9-12-5-3-4-6-12/h3-4,10-13H,5-9H2,1-2H3. The normalized spacial score (nSPS) is 35.3. The molecule has 1 fully saturated rings. The fraction of sp³-hybridized carbons (Fsp3) is 0.833. The van der Waals surface area contributed by atoms with Crippen LogP contribution in [0.4, 0.5) is 0 Å². The number of hydrogen-bond donors (Lipinski definition) is 1. The van der Waals surface area contributed by atoms with Gasteiger partial charge < -0.3 is 5.32 Å². The number of rotatable bonds is 2. The second-order valence-corrected chi connectivity index (χ2v) is 5.00. The predicted molar refractivity (Wildman–Crippen MR) is 60.4 cm³/mol. The van der Waals surface area contributed by atoms with E-state index < -0.39 is 0 Å². The first-order chi connectivity index (χ1) is 6.74. The van der Waals surface area contributed by atoms with Gasteiger partial charge in [-0.05, 0) is 32.6 Å². The Morgan fingerprint density at radius 3 is 2.29 bits per heavy atom. The monoisotopic (exact) mass is 194 g/mol. The summed E-state index contributed by atoms with van der Waals surface area (Å²) in [5.41, 5.74) is 0. The molecule has 2 aliphatic rings. The maximum atomic E-state index is 3.58. The van der Waals surface area contributed by atoms with Gasteiger partial charge in [-0.2, -0.15) is 0 Å². The molecule has 0 radical (unpaired) electrons. The summed E-state index contributed by atoms with van der Waals surface area (Å²) in [6.07, 6.45) is 7.26. The van der Waals surface area contributed by atoms with E-state index in [2.05, 4.69) is 36.2 Å². The van der Waals surface area contributed by atoms with Crippen LogP contribution in [-0.4, -0.2) is 36.6 Å². The van der Waals surface area contributed by atoms with Gasteiger partial charge in [0, 0.05) is 31.7 Å². The second-order valence-electron chi connectivity index (χ2n) is 5.00. The zero-order chi connectivity index (χ0) is 9.97. The summed E-state index contributed by atoms with van der Waals surface area (Å²) >= 11 is 0. The van der Waals surface area contributed by atoms with E-state index in [1.165, 1.54) is 32.5 Å². The summed E-state index contributed by atoms with van der Waals surface area (Å²) in [7, 11) is 0. The first-order valence-electron chi connectivity index (χ1n) is 5.87. The number of nitrogens with zero attached hydrogens (tertiary/aromatic N) is 1. The number of hydrogen-bond acceptors (Lipinski definition) is 2. The van der Waals surface area contributed by atoms with Crippen molar-refractivity contribution in [2.24, 2.45) is 5.92 Å². The molecule has 1 aliphatic carbocycles. The van der Waals surface area contributed by atoms with Crippen LogP contribution in [0.3, 0.4) is 0 Å². The summed E-state index contributed by atoms with van der Waals surface area (Å²) in [5, 5.41) is 3.58. The molecule has 0 bridgehead atoms. The van der Waals surface area contributed by atoms with Gasteiger partial charge in [0.2, 0.25) is 0 Å². The Labute approximate surface area is 87.4 Å². The molecule has 2 heteroatoms. The average molecular weight is 194 g/mol. The van der Waals surface area contributed by atoms with Gasteiger partial charge in [0.25, 0.3) is 0 Å². The molecule has 0 aromatic carbocycles. The summed E-state index contributed by atoms with van der Waals surface area (Å²) < 4.78 is 0. The van der Waals surface area contributed by atoms with Crippen molar-refractivity contribution < 1.29 is 0 Å². The Hall–Kier alpha value is -0.340. The number of allylic oxidation sites excluding steroid dienone is 2. The van der Waals surface area contributed by atoms with Gasteiger partial charge in [-0.1, -0.05) is 12.2 Å². The van der Waals surface area contributed by atoms with Crippen molar-refractivity contribution in [3.63, 3.8) is 0 Å². The highest BCUT2D eigenvalue weighted by atomic mass is 15.2. The Morgan fingerprint density at radius 2 is 1.71 bits per heavy atom. The Balaban J connectivity index is 1.79. The van der Waals surface area contributed by atoms with Gasteiger partial charge in [0.1, 0.15) is 0 Å². The Bertz CT molecular complexity index is 194. The second kappa shape index (κ2) is 4.45. The summed E-state index contributed by atoms with van der Waals surface area (Å²) in [6.45, 7) is 8.32. The highest BCUT2D eigenvalue weighted by Crippen LogP contribution is 2.19. The molecular formula is C12H22N2. The van der Waals surface area contributed by atoms with Gasteiger partial charge in [0.15, 0.2) is 0 Å². The van der Waals surface area contributed by atoms with Crippen molar-refractivity contribution in [1.29, 1.82) is 0 Å². The predicted octanol–water partition coefficient (Wildman–Crippen LogP) is 1.63. The van der Waals surface area contributed by atoms with Crippen molar-refractivity contribution in [2.45, 2.75) is 38.8 Å². The smallest absolute Gasteiger partial charge is 0.0169 e. The molecular weight excluding hydrogens is 172 g/mol. The minimum absolute atomic E-state index is 0.660. The number of piperazine rings is 1. The van der Waals surface area contributed by atoms with Crippen LogP contribution in [0.15, 0.2) is 12.2 Å². The van der Waals surface area contributed by atoms with Crippen LogP contribution in [0.25, 0.3) is 0 Å². The molecule has 0 amide bonds. The molecule has 1 heterocycles. The first-order valence-corrected chi connectivity index (χ1v) is 5.87. The van der Waals surface area contributed by atoms with E-state index in [0.29, 0.717) is 12.1 Å². The lowest BCUT2D eigenvalue weighted by Crippen LogP contribution is -2.54. The Kier molecular flexibility index (Phi) is 3.24. The van der Waals surface area contributed by atoms with Gasteiger partial charge in [-0.25, -0.2) is 0 Å². The minimum Gasteiger partial charge on any atom is -0.309 e. The van der Waals surface area contributed by atoms with Crippen LogP contribution in [-0.2, 0) is 0 Å². The van der Waals surface area contributed by atoms with Crippen LogP contribution < -0.4 is 5.32 Å². The van der Waals surface area contributed by atoms with E-state index in [0.717, 1.165) is 5.92 Å². The highest BCUT2D eigenvalue weighted by molar-refractivity contribution is 4.95. The van der Waals surface area contributed by atoms with Gasteiger partial charge in [0.05, 0.1) is 0 Å². The van der Waals surface area contributed by atoms with Gasteiger partial charge in [-0.15, -0.1) is 0 Å². The lowest BCUT2D eigenvalue weighted by molar-refractivity contribution is 0.153. The zero-order valence-corrected chi connectivity index (χ0v) is 9.37. The maximum absolute atomic E-state index is 3.58. The molecule has 0 aromatic heterocycles. The highest BCUT2D eigenvalue weighted by Gasteiger charge is 2.23.